The van der Waals surface area contributed by atoms with Crippen molar-refractivity contribution >= 4 is 11.0 Å². The van der Waals surface area contributed by atoms with Crippen molar-refractivity contribution in [3.63, 3.8) is 0 Å². The summed E-state index contributed by atoms with van der Waals surface area (Å²) >= 11 is 0. The zero-order valence-electron chi connectivity index (χ0n) is 8.53. The molecular formula is C11H12N2O. The monoisotopic (exact) mass is 188 g/mol. The van der Waals surface area contributed by atoms with Crippen LogP contribution in [0, 0.1) is 13.8 Å². The molecule has 0 saturated heterocycles. The first-order chi connectivity index (χ1) is 6.59. The smallest absolute Gasteiger partial charge is 0.272 e. The number of hydrogen-bond donors (Lipinski definition) is 0. The number of hydrogen-bond acceptors (Lipinski definition) is 2. The van der Waals surface area contributed by atoms with Crippen molar-refractivity contribution in [1.82, 2.24) is 9.55 Å². The van der Waals surface area contributed by atoms with Crippen LogP contribution in [0.4, 0.5) is 0 Å². The van der Waals surface area contributed by atoms with Crippen molar-refractivity contribution in [2.45, 2.75) is 13.8 Å². The van der Waals surface area contributed by atoms with Gasteiger partial charge in [-0.15, -0.1) is 0 Å². The summed E-state index contributed by atoms with van der Waals surface area (Å²) in [6.45, 7) is 3.76. The summed E-state index contributed by atoms with van der Waals surface area (Å²) in [6, 6.07) is 5.90. The van der Waals surface area contributed by atoms with E-state index in [2.05, 4.69) is 4.98 Å². The van der Waals surface area contributed by atoms with E-state index in [0.717, 1.165) is 16.6 Å². The molecule has 0 radical (unpaired) electrons. The fourth-order valence-electron chi connectivity index (χ4n) is 1.59. The summed E-state index contributed by atoms with van der Waals surface area (Å²) in [5.74, 6) is 0. The fourth-order valence-corrected chi connectivity index (χ4v) is 1.59. The second-order valence-corrected chi connectivity index (χ2v) is 3.55. The van der Waals surface area contributed by atoms with Gasteiger partial charge >= 0.3 is 0 Å². The van der Waals surface area contributed by atoms with Gasteiger partial charge < -0.3 is 4.57 Å². The summed E-state index contributed by atoms with van der Waals surface area (Å²) in [7, 11) is 1.77. The third-order valence-corrected chi connectivity index (χ3v) is 2.39. The van der Waals surface area contributed by atoms with Gasteiger partial charge in [0.05, 0.1) is 11.0 Å². The molecule has 1 aromatic carbocycles. The van der Waals surface area contributed by atoms with Gasteiger partial charge in [-0.25, -0.2) is 4.98 Å². The largest absolute Gasteiger partial charge is 0.308 e. The van der Waals surface area contributed by atoms with Crippen molar-refractivity contribution in [3.8, 4) is 0 Å². The van der Waals surface area contributed by atoms with Gasteiger partial charge in [0.25, 0.3) is 5.56 Å². The molecule has 3 heteroatoms. The van der Waals surface area contributed by atoms with Crippen LogP contribution in [0.25, 0.3) is 11.0 Å². The van der Waals surface area contributed by atoms with Crippen LogP contribution in [0.2, 0.25) is 0 Å². The topological polar surface area (TPSA) is 34.9 Å². The molecule has 0 fully saturated rings. The van der Waals surface area contributed by atoms with E-state index < -0.39 is 0 Å². The Morgan fingerprint density at radius 2 is 2.00 bits per heavy atom. The van der Waals surface area contributed by atoms with Crippen LogP contribution in [0.5, 0.6) is 0 Å². The number of fused-ring (bicyclic) bond motifs is 1. The lowest BCUT2D eigenvalue weighted by Gasteiger charge is -2.05. The van der Waals surface area contributed by atoms with Crippen LogP contribution in [0.3, 0.4) is 0 Å². The van der Waals surface area contributed by atoms with Crippen LogP contribution < -0.4 is 5.56 Å². The molecule has 0 spiro atoms. The number of aromatic nitrogens is 2. The van der Waals surface area contributed by atoms with Crippen LogP contribution in [-0.4, -0.2) is 9.55 Å². The Hall–Kier alpha value is -1.64. The summed E-state index contributed by atoms with van der Waals surface area (Å²) in [5.41, 5.74) is 3.44. The van der Waals surface area contributed by atoms with E-state index in [9.17, 15) is 4.79 Å². The Labute approximate surface area is 82.0 Å². The molecule has 0 aliphatic rings. The number of benzene rings is 1. The molecule has 0 aliphatic heterocycles. The summed E-state index contributed by atoms with van der Waals surface area (Å²) in [4.78, 5) is 15.8. The Morgan fingerprint density at radius 1 is 1.29 bits per heavy atom. The van der Waals surface area contributed by atoms with Crippen LogP contribution in [0.15, 0.2) is 23.0 Å². The lowest BCUT2D eigenvalue weighted by molar-refractivity contribution is 0.872. The maximum absolute atomic E-state index is 11.6. The van der Waals surface area contributed by atoms with Gasteiger partial charge in [-0.1, -0.05) is 6.07 Å². The molecule has 0 atom stereocenters. The number of rotatable bonds is 0. The fraction of sp³-hybridized carbons (Fsp3) is 0.273. The highest BCUT2D eigenvalue weighted by Gasteiger charge is 2.03. The summed E-state index contributed by atoms with van der Waals surface area (Å²) < 4.78 is 1.64. The van der Waals surface area contributed by atoms with Crippen molar-refractivity contribution in [1.29, 1.82) is 0 Å². The zero-order chi connectivity index (χ0) is 10.3. The van der Waals surface area contributed by atoms with Gasteiger partial charge in [0.15, 0.2) is 0 Å². The molecule has 0 amide bonds. The molecular weight excluding hydrogens is 176 g/mol. The van der Waals surface area contributed by atoms with Gasteiger partial charge in [-0.2, -0.15) is 0 Å². The molecule has 0 saturated carbocycles. The highest BCUT2D eigenvalue weighted by Crippen LogP contribution is 2.11. The van der Waals surface area contributed by atoms with E-state index in [1.54, 1.807) is 18.5 Å². The van der Waals surface area contributed by atoms with Crippen LogP contribution >= 0.6 is 0 Å². The van der Waals surface area contributed by atoms with Gasteiger partial charge in [0.2, 0.25) is 0 Å². The summed E-state index contributed by atoms with van der Waals surface area (Å²) in [5, 5.41) is 0. The molecule has 72 valence electrons. The van der Waals surface area contributed by atoms with E-state index in [1.165, 1.54) is 0 Å². The minimum absolute atomic E-state index is 0.0265. The quantitative estimate of drug-likeness (QED) is 0.628. The number of nitrogens with zero attached hydrogens (tertiary/aromatic N) is 2. The second kappa shape index (κ2) is 2.94. The third kappa shape index (κ3) is 1.21. The predicted molar refractivity (Wildman–Crippen MR) is 56.5 cm³/mol. The minimum atomic E-state index is -0.0265. The standard InChI is InChI=1S/C11H12N2O/c1-7-4-5-10-9(6-7)12-8(2)11(14)13(10)3/h4-6H,1-3H3. The number of aryl methyl sites for hydroxylation is 3. The summed E-state index contributed by atoms with van der Waals surface area (Å²) in [6.07, 6.45) is 0. The van der Waals surface area contributed by atoms with Gasteiger partial charge in [0, 0.05) is 7.05 Å². The molecule has 2 aromatic rings. The lowest BCUT2D eigenvalue weighted by Crippen LogP contribution is -2.20. The molecule has 1 heterocycles. The predicted octanol–water partition coefficient (Wildman–Crippen LogP) is 1.55. The van der Waals surface area contributed by atoms with Gasteiger partial charge in [-0.05, 0) is 31.5 Å². The molecule has 0 bridgehead atoms. The second-order valence-electron chi connectivity index (χ2n) is 3.55. The van der Waals surface area contributed by atoms with Crippen LogP contribution in [-0.2, 0) is 7.05 Å². The van der Waals surface area contributed by atoms with E-state index in [-0.39, 0.29) is 5.56 Å². The van der Waals surface area contributed by atoms with Crippen molar-refractivity contribution in [2.24, 2.45) is 7.05 Å². The maximum Gasteiger partial charge on any atom is 0.272 e. The molecule has 2 rings (SSSR count). The molecule has 0 N–H and O–H groups in total. The normalized spacial score (nSPS) is 10.8. The van der Waals surface area contributed by atoms with E-state index in [4.69, 9.17) is 0 Å². The first kappa shape index (κ1) is 8.94. The average molecular weight is 188 g/mol. The van der Waals surface area contributed by atoms with Gasteiger partial charge in [0.1, 0.15) is 5.69 Å². The Bertz CT molecular complexity index is 555. The molecule has 0 aliphatic carbocycles. The Balaban J connectivity index is 2.98. The SMILES string of the molecule is Cc1ccc2c(c1)nc(C)c(=O)n2C. The van der Waals surface area contributed by atoms with Crippen molar-refractivity contribution in [3.05, 3.63) is 39.8 Å². The Kier molecular flexibility index (Phi) is 1.88. The van der Waals surface area contributed by atoms with Gasteiger partial charge in [-0.3, -0.25) is 4.79 Å². The van der Waals surface area contributed by atoms with E-state index in [1.807, 2.05) is 25.1 Å². The van der Waals surface area contributed by atoms with Crippen molar-refractivity contribution < 1.29 is 0 Å². The molecule has 1 aromatic heterocycles. The van der Waals surface area contributed by atoms with Crippen LogP contribution in [0.1, 0.15) is 11.3 Å². The highest BCUT2D eigenvalue weighted by atomic mass is 16.1. The third-order valence-electron chi connectivity index (χ3n) is 2.39. The Morgan fingerprint density at radius 3 is 2.71 bits per heavy atom. The maximum atomic E-state index is 11.6. The first-order valence-corrected chi connectivity index (χ1v) is 4.53. The highest BCUT2D eigenvalue weighted by molar-refractivity contribution is 5.75. The van der Waals surface area contributed by atoms with Crippen molar-refractivity contribution in [2.75, 3.05) is 0 Å². The first-order valence-electron chi connectivity index (χ1n) is 4.53. The van der Waals surface area contributed by atoms with E-state index in [0.29, 0.717) is 5.69 Å². The molecule has 14 heavy (non-hydrogen) atoms. The zero-order valence-corrected chi connectivity index (χ0v) is 8.53. The molecule has 0 unspecified atom stereocenters. The lowest BCUT2D eigenvalue weighted by atomic mass is 10.2. The van der Waals surface area contributed by atoms with E-state index >= 15 is 0 Å². The minimum Gasteiger partial charge on any atom is -0.308 e. The average Bonchev–Trinajstić information content (AvgIpc) is 2.14. The molecule has 3 nitrogen and oxygen atoms in total.